The van der Waals surface area contributed by atoms with Crippen LogP contribution >= 0.6 is 0 Å². The van der Waals surface area contributed by atoms with Gasteiger partial charge in [-0.2, -0.15) is 9.13 Å². The molecule has 0 radical (unpaired) electrons. The fraction of sp³-hybridized carbons (Fsp3) is 0.304. The zero-order chi connectivity index (χ0) is 18.3. The van der Waals surface area contributed by atoms with Gasteiger partial charge in [-0.1, -0.05) is 17.7 Å². The molecule has 2 nitrogen and oxygen atoms in total. The minimum Gasteiger partial charge on any atom is -0.196 e. The van der Waals surface area contributed by atoms with Gasteiger partial charge in [0.15, 0.2) is 6.20 Å². The van der Waals surface area contributed by atoms with E-state index >= 15 is 0 Å². The molecule has 0 atom stereocenters. The summed E-state index contributed by atoms with van der Waals surface area (Å²) in [4.78, 5) is 0. The third-order valence-corrected chi connectivity index (χ3v) is 5.01. The first-order chi connectivity index (χ1) is 11.8. The minimum absolute atomic E-state index is 1.23. The molecule has 0 saturated carbocycles. The third kappa shape index (κ3) is 3.09. The summed E-state index contributed by atoms with van der Waals surface area (Å²) >= 11 is 0. The van der Waals surface area contributed by atoms with Gasteiger partial charge >= 0.3 is 0 Å². The van der Waals surface area contributed by atoms with Crippen molar-refractivity contribution in [1.82, 2.24) is 0 Å². The Kier molecular flexibility index (Phi) is 4.47. The summed E-state index contributed by atoms with van der Waals surface area (Å²) in [6, 6.07) is 13.4. The second kappa shape index (κ2) is 6.44. The lowest BCUT2D eigenvalue weighted by atomic mass is 9.97. The zero-order valence-corrected chi connectivity index (χ0v) is 16.4. The maximum Gasteiger partial charge on any atom is 0.280 e. The topological polar surface area (TPSA) is 7.76 Å². The van der Waals surface area contributed by atoms with Gasteiger partial charge in [0.05, 0.1) is 0 Å². The molecule has 3 aromatic rings. The van der Waals surface area contributed by atoms with Crippen LogP contribution in [0.4, 0.5) is 0 Å². The van der Waals surface area contributed by atoms with Gasteiger partial charge in [0.25, 0.3) is 11.4 Å². The van der Waals surface area contributed by atoms with Crippen LogP contribution in [0.2, 0.25) is 0 Å². The predicted molar refractivity (Wildman–Crippen MR) is 103 cm³/mol. The van der Waals surface area contributed by atoms with Crippen molar-refractivity contribution >= 4 is 0 Å². The number of aryl methyl sites for hydroxylation is 6. The third-order valence-electron chi connectivity index (χ3n) is 5.01. The zero-order valence-electron chi connectivity index (χ0n) is 16.4. The highest BCUT2D eigenvalue weighted by molar-refractivity contribution is 5.67. The van der Waals surface area contributed by atoms with Gasteiger partial charge in [0.1, 0.15) is 14.1 Å². The summed E-state index contributed by atoms with van der Waals surface area (Å²) in [5.74, 6) is 0. The van der Waals surface area contributed by atoms with E-state index in [2.05, 4.69) is 100 Å². The lowest BCUT2D eigenvalue weighted by Gasteiger charge is -2.12. The van der Waals surface area contributed by atoms with E-state index in [4.69, 9.17) is 0 Å². The SMILES string of the molecule is Cc1ccc(-c2c(C)cc(C)c(-c3ccc(C)c[n+]3C)[n+]2C)c(C)c1. The van der Waals surface area contributed by atoms with E-state index < -0.39 is 0 Å². The Balaban J connectivity index is 2.32. The number of hydrogen-bond acceptors (Lipinski definition) is 0. The van der Waals surface area contributed by atoms with Crippen molar-refractivity contribution in [3.8, 4) is 22.6 Å². The van der Waals surface area contributed by atoms with Crippen molar-refractivity contribution in [3.63, 3.8) is 0 Å². The van der Waals surface area contributed by atoms with Gasteiger partial charge in [0.2, 0.25) is 5.69 Å². The van der Waals surface area contributed by atoms with Gasteiger partial charge in [-0.05, 0) is 58.4 Å². The molecule has 2 aromatic heterocycles. The molecular formula is C23H28N2+2. The molecule has 25 heavy (non-hydrogen) atoms. The van der Waals surface area contributed by atoms with Crippen LogP contribution in [-0.2, 0) is 14.1 Å². The lowest BCUT2D eigenvalue weighted by Crippen LogP contribution is -2.41. The van der Waals surface area contributed by atoms with Crippen LogP contribution in [0.25, 0.3) is 22.6 Å². The number of pyridine rings is 2. The van der Waals surface area contributed by atoms with Crippen molar-refractivity contribution in [2.75, 3.05) is 0 Å². The van der Waals surface area contributed by atoms with Crippen molar-refractivity contribution in [2.45, 2.75) is 34.6 Å². The van der Waals surface area contributed by atoms with Crippen molar-refractivity contribution < 1.29 is 9.13 Å². The highest BCUT2D eigenvalue weighted by Crippen LogP contribution is 2.28. The van der Waals surface area contributed by atoms with Crippen molar-refractivity contribution in [3.05, 3.63) is 70.4 Å². The Morgan fingerprint density at radius 3 is 1.92 bits per heavy atom. The molecular weight excluding hydrogens is 304 g/mol. The number of nitrogens with zero attached hydrogens (tertiary/aromatic N) is 2. The lowest BCUT2D eigenvalue weighted by molar-refractivity contribution is -0.685. The molecule has 3 rings (SSSR count). The summed E-state index contributed by atoms with van der Waals surface area (Å²) < 4.78 is 4.58. The predicted octanol–water partition coefficient (Wildman–Crippen LogP) is 4.21. The monoisotopic (exact) mass is 332 g/mol. The molecule has 128 valence electrons. The van der Waals surface area contributed by atoms with Crippen LogP contribution in [0.15, 0.2) is 42.6 Å². The molecule has 0 fully saturated rings. The summed E-state index contributed by atoms with van der Waals surface area (Å²) in [5, 5.41) is 0. The molecule has 2 heterocycles. The van der Waals surface area contributed by atoms with E-state index in [1.54, 1.807) is 0 Å². The van der Waals surface area contributed by atoms with Gasteiger partial charge in [-0.25, -0.2) is 0 Å². The van der Waals surface area contributed by atoms with Crippen LogP contribution in [0.1, 0.15) is 27.8 Å². The fourth-order valence-corrected chi connectivity index (χ4v) is 3.94. The molecule has 0 bridgehead atoms. The molecule has 0 N–H and O–H groups in total. The number of aromatic nitrogens is 2. The second-order valence-electron chi connectivity index (χ2n) is 7.29. The molecule has 1 aromatic carbocycles. The average Bonchev–Trinajstić information content (AvgIpc) is 2.51. The van der Waals surface area contributed by atoms with E-state index in [1.165, 1.54) is 50.5 Å². The highest BCUT2D eigenvalue weighted by atomic mass is 15.0. The molecule has 0 aliphatic rings. The number of rotatable bonds is 2. The Bertz CT molecular complexity index is 893. The minimum atomic E-state index is 1.23. The van der Waals surface area contributed by atoms with E-state index in [0.29, 0.717) is 0 Å². The van der Waals surface area contributed by atoms with Crippen LogP contribution in [0, 0.1) is 34.6 Å². The fourth-order valence-electron chi connectivity index (χ4n) is 3.94. The van der Waals surface area contributed by atoms with Crippen LogP contribution in [0.5, 0.6) is 0 Å². The smallest absolute Gasteiger partial charge is 0.196 e. The first kappa shape index (κ1) is 17.3. The van der Waals surface area contributed by atoms with Gasteiger partial charge < -0.3 is 0 Å². The largest absolute Gasteiger partial charge is 0.280 e. The summed E-state index contributed by atoms with van der Waals surface area (Å²) in [7, 11) is 4.31. The first-order valence-corrected chi connectivity index (χ1v) is 8.84. The number of benzene rings is 1. The summed E-state index contributed by atoms with van der Waals surface area (Å²) in [5.41, 5.74) is 11.6. The molecule has 0 spiro atoms. The van der Waals surface area contributed by atoms with Gasteiger partial charge in [0, 0.05) is 28.3 Å². The molecule has 2 heteroatoms. The van der Waals surface area contributed by atoms with Gasteiger partial charge in [-0.15, -0.1) is 0 Å². The standard InChI is InChI=1S/C23H28N2/c1-15-8-10-20(17(3)12-15)22-18(4)13-19(5)23(25(22)7)21-11-9-16(2)14-24(21)6/h8-14H,1-7H3/q+2. The molecule has 0 aliphatic carbocycles. The van der Waals surface area contributed by atoms with Crippen molar-refractivity contribution in [1.29, 1.82) is 0 Å². The maximum absolute atomic E-state index is 2.35. The first-order valence-electron chi connectivity index (χ1n) is 8.84. The second-order valence-corrected chi connectivity index (χ2v) is 7.29. The normalized spacial score (nSPS) is 11.0. The van der Waals surface area contributed by atoms with Crippen LogP contribution < -0.4 is 9.13 Å². The summed E-state index contributed by atoms with van der Waals surface area (Å²) in [6.45, 7) is 10.9. The van der Waals surface area contributed by atoms with E-state index in [9.17, 15) is 0 Å². The molecule has 0 unspecified atom stereocenters. The van der Waals surface area contributed by atoms with E-state index in [1.807, 2.05) is 0 Å². The van der Waals surface area contributed by atoms with Crippen LogP contribution in [-0.4, -0.2) is 0 Å². The van der Waals surface area contributed by atoms with E-state index in [-0.39, 0.29) is 0 Å². The molecule has 0 amide bonds. The maximum atomic E-state index is 2.35. The van der Waals surface area contributed by atoms with Crippen LogP contribution in [0.3, 0.4) is 0 Å². The Labute approximate surface area is 151 Å². The molecule has 0 aliphatic heterocycles. The summed E-state index contributed by atoms with van der Waals surface area (Å²) in [6.07, 6.45) is 2.19. The average molecular weight is 332 g/mol. The Morgan fingerprint density at radius 1 is 0.640 bits per heavy atom. The Morgan fingerprint density at radius 2 is 1.28 bits per heavy atom. The Hall–Kier alpha value is -2.48. The number of hydrogen-bond donors (Lipinski definition) is 0. The highest BCUT2D eigenvalue weighted by Gasteiger charge is 2.28. The van der Waals surface area contributed by atoms with Crippen molar-refractivity contribution in [2.24, 2.45) is 14.1 Å². The van der Waals surface area contributed by atoms with Gasteiger partial charge in [-0.3, -0.25) is 0 Å². The quantitative estimate of drug-likeness (QED) is 0.621. The van der Waals surface area contributed by atoms with E-state index in [0.717, 1.165) is 0 Å². The molecule has 0 saturated heterocycles.